The number of halogens is 2. The minimum atomic E-state index is -0.586. The van der Waals surface area contributed by atoms with Crippen LogP contribution in [0.15, 0.2) is 42.6 Å². The van der Waals surface area contributed by atoms with Crippen LogP contribution in [0.25, 0.3) is 11.1 Å². The van der Waals surface area contributed by atoms with E-state index in [1.165, 1.54) is 18.2 Å². The van der Waals surface area contributed by atoms with Crippen LogP contribution < -0.4 is 14.8 Å². The fraction of sp³-hybridized carbons (Fsp3) is 0.200. The van der Waals surface area contributed by atoms with Crippen molar-refractivity contribution in [2.75, 3.05) is 18.5 Å². The lowest BCUT2D eigenvalue weighted by Gasteiger charge is -2.19. The molecule has 1 aromatic carbocycles. The van der Waals surface area contributed by atoms with Gasteiger partial charge in [-0.15, -0.1) is 0 Å². The van der Waals surface area contributed by atoms with Crippen LogP contribution in [0.4, 0.5) is 14.6 Å². The molecule has 7 heteroatoms. The highest BCUT2D eigenvalue weighted by molar-refractivity contribution is 5.68. The van der Waals surface area contributed by atoms with E-state index in [0.717, 1.165) is 16.8 Å². The second-order valence-electron chi connectivity index (χ2n) is 6.11. The van der Waals surface area contributed by atoms with E-state index in [4.69, 9.17) is 9.47 Å². The summed E-state index contributed by atoms with van der Waals surface area (Å²) >= 11 is 0. The third kappa shape index (κ3) is 3.53. The third-order valence-corrected chi connectivity index (χ3v) is 4.31. The summed E-state index contributed by atoms with van der Waals surface area (Å²) in [5.74, 6) is 0.457. The van der Waals surface area contributed by atoms with Gasteiger partial charge in [0.15, 0.2) is 5.75 Å². The fourth-order valence-corrected chi connectivity index (χ4v) is 2.89. The molecule has 138 valence electrons. The van der Waals surface area contributed by atoms with Crippen molar-refractivity contribution in [2.45, 2.75) is 13.5 Å². The predicted octanol–water partition coefficient (Wildman–Crippen LogP) is 4.11. The first kappa shape index (κ1) is 17.2. The lowest BCUT2D eigenvalue weighted by atomic mass is 10.1. The Bertz CT molecular complexity index is 957. The Morgan fingerprint density at radius 3 is 2.59 bits per heavy atom. The monoisotopic (exact) mass is 369 g/mol. The minimum absolute atomic E-state index is 0.00939. The number of aryl methyl sites for hydroxylation is 1. The topological polar surface area (TPSA) is 56.3 Å². The van der Waals surface area contributed by atoms with Crippen LogP contribution in [0.5, 0.6) is 11.6 Å². The van der Waals surface area contributed by atoms with Crippen molar-refractivity contribution in [1.82, 2.24) is 9.97 Å². The molecule has 3 heterocycles. The number of aromatic nitrogens is 2. The molecule has 1 aliphatic rings. The van der Waals surface area contributed by atoms with Gasteiger partial charge in [0.05, 0.1) is 0 Å². The van der Waals surface area contributed by atoms with Gasteiger partial charge in [-0.05, 0) is 37.3 Å². The maximum atomic E-state index is 13.7. The highest BCUT2D eigenvalue weighted by atomic mass is 19.1. The fourth-order valence-electron chi connectivity index (χ4n) is 2.89. The van der Waals surface area contributed by atoms with Gasteiger partial charge in [-0.1, -0.05) is 6.07 Å². The average Bonchev–Trinajstić information content (AvgIpc) is 2.68. The zero-order chi connectivity index (χ0) is 18.8. The number of hydrogen-bond acceptors (Lipinski definition) is 5. The van der Waals surface area contributed by atoms with E-state index in [1.807, 2.05) is 19.1 Å². The largest absolute Gasteiger partial charge is 0.484 e. The molecule has 1 N–H and O–H groups in total. The normalized spacial score (nSPS) is 12.7. The number of nitrogens with zero attached hydrogens (tertiary/aromatic N) is 2. The minimum Gasteiger partial charge on any atom is -0.484 e. The molecule has 4 rings (SSSR count). The van der Waals surface area contributed by atoms with E-state index in [-0.39, 0.29) is 12.1 Å². The Morgan fingerprint density at radius 1 is 1.07 bits per heavy atom. The summed E-state index contributed by atoms with van der Waals surface area (Å²) in [5.41, 5.74) is 2.53. The Labute approximate surface area is 155 Å². The Kier molecular flexibility index (Phi) is 4.58. The number of fused-ring (bicyclic) bond motifs is 1. The molecule has 2 aromatic heterocycles. The molecule has 3 aromatic rings. The van der Waals surface area contributed by atoms with Gasteiger partial charge < -0.3 is 14.8 Å². The van der Waals surface area contributed by atoms with E-state index >= 15 is 0 Å². The van der Waals surface area contributed by atoms with Crippen molar-refractivity contribution in [1.29, 1.82) is 0 Å². The Morgan fingerprint density at radius 2 is 1.85 bits per heavy atom. The van der Waals surface area contributed by atoms with Crippen molar-refractivity contribution in [3.8, 4) is 22.8 Å². The maximum absolute atomic E-state index is 13.7. The Balaban J connectivity index is 1.53. The first-order valence-corrected chi connectivity index (χ1v) is 8.52. The van der Waals surface area contributed by atoms with Gasteiger partial charge in [0, 0.05) is 35.1 Å². The van der Waals surface area contributed by atoms with Crippen LogP contribution in [-0.2, 0) is 6.54 Å². The molecule has 0 saturated heterocycles. The van der Waals surface area contributed by atoms with E-state index in [0.29, 0.717) is 30.7 Å². The highest BCUT2D eigenvalue weighted by Gasteiger charge is 2.17. The standard InChI is InChI=1S/C20H17F2N3O2/c1-12-14(9-18-20(25-12)27-8-7-26-18)13-5-6-19(23-10-13)24-11-15-16(21)3-2-4-17(15)22/h2-6,9-10H,7-8,11H2,1H3,(H,23,24). The van der Waals surface area contributed by atoms with Gasteiger partial charge >= 0.3 is 0 Å². The van der Waals surface area contributed by atoms with Crippen LogP contribution in [0.3, 0.4) is 0 Å². The number of anilines is 1. The van der Waals surface area contributed by atoms with Crippen molar-refractivity contribution in [3.63, 3.8) is 0 Å². The zero-order valence-electron chi connectivity index (χ0n) is 14.6. The second kappa shape index (κ2) is 7.19. The summed E-state index contributed by atoms with van der Waals surface area (Å²) in [6.45, 7) is 2.88. The molecule has 0 amide bonds. The van der Waals surface area contributed by atoms with Gasteiger partial charge in [-0.25, -0.2) is 18.7 Å². The SMILES string of the molecule is Cc1nc2c(cc1-c1ccc(NCc3c(F)cccc3F)nc1)OCCO2. The molecule has 0 unspecified atom stereocenters. The first-order chi connectivity index (χ1) is 13.1. The number of hydrogen-bond donors (Lipinski definition) is 1. The van der Waals surface area contributed by atoms with Gasteiger partial charge in [0.2, 0.25) is 0 Å². The summed E-state index contributed by atoms with van der Waals surface area (Å²) < 4.78 is 38.5. The Hall–Kier alpha value is -3.22. The summed E-state index contributed by atoms with van der Waals surface area (Å²) in [6, 6.07) is 9.31. The molecule has 0 radical (unpaired) electrons. The van der Waals surface area contributed by atoms with Gasteiger partial charge in [0.25, 0.3) is 5.88 Å². The second-order valence-corrected chi connectivity index (χ2v) is 6.11. The van der Waals surface area contributed by atoms with Crippen LogP contribution in [-0.4, -0.2) is 23.2 Å². The number of ether oxygens (including phenoxy) is 2. The molecule has 0 fully saturated rings. The first-order valence-electron chi connectivity index (χ1n) is 8.52. The lowest BCUT2D eigenvalue weighted by molar-refractivity contribution is 0.164. The number of rotatable bonds is 4. The van der Waals surface area contributed by atoms with Crippen LogP contribution in [0, 0.1) is 18.6 Å². The van der Waals surface area contributed by atoms with Crippen molar-refractivity contribution in [2.24, 2.45) is 0 Å². The molecule has 0 aliphatic carbocycles. The highest BCUT2D eigenvalue weighted by Crippen LogP contribution is 2.34. The molecule has 27 heavy (non-hydrogen) atoms. The van der Waals surface area contributed by atoms with E-state index < -0.39 is 11.6 Å². The predicted molar refractivity (Wildman–Crippen MR) is 96.9 cm³/mol. The number of benzene rings is 1. The third-order valence-electron chi connectivity index (χ3n) is 4.31. The molecular weight excluding hydrogens is 352 g/mol. The molecular formula is C20H17F2N3O2. The molecule has 5 nitrogen and oxygen atoms in total. The van der Waals surface area contributed by atoms with Crippen molar-refractivity contribution < 1.29 is 18.3 Å². The van der Waals surface area contributed by atoms with Crippen molar-refractivity contribution in [3.05, 3.63) is 65.5 Å². The summed E-state index contributed by atoms with van der Waals surface area (Å²) in [4.78, 5) is 8.76. The van der Waals surface area contributed by atoms with Gasteiger partial charge in [0.1, 0.15) is 30.7 Å². The van der Waals surface area contributed by atoms with E-state index in [2.05, 4.69) is 15.3 Å². The maximum Gasteiger partial charge on any atom is 0.257 e. The average molecular weight is 369 g/mol. The molecule has 0 bridgehead atoms. The molecule has 0 spiro atoms. The number of pyridine rings is 2. The van der Waals surface area contributed by atoms with Crippen LogP contribution in [0.1, 0.15) is 11.3 Å². The zero-order valence-corrected chi connectivity index (χ0v) is 14.6. The summed E-state index contributed by atoms with van der Waals surface area (Å²) in [5, 5.41) is 2.93. The molecule has 0 atom stereocenters. The van der Waals surface area contributed by atoms with E-state index in [1.54, 1.807) is 12.3 Å². The molecule has 1 aliphatic heterocycles. The quantitative estimate of drug-likeness (QED) is 0.750. The lowest BCUT2D eigenvalue weighted by Crippen LogP contribution is -2.16. The van der Waals surface area contributed by atoms with Gasteiger partial charge in [-0.2, -0.15) is 0 Å². The van der Waals surface area contributed by atoms with Crippen molar-refractivity contribution >= 4 is 5.82 Å². The van der Waals surface area contributed by atoms with Crippen LogP contribution >= 0.6 is 0 Å². The van der Waals surface area contributed by atoms with E-state index in [9.17, 15) is 8.78 Å². The summed E-state index contributed by atoms with van der Waals surface area (Å²) in [7, 11) is 0. The summed E-state index contributed by atoms with van der Waals surface area (Å²) in [6.07, 6.45) is 1.68. The number of nitrogens with one attached hydrogen (secondary N) is 1. The smallest absolute Gasteiger partial charge is 0.257 e. The molecule has 0 saturated carbocycles. The van der Waals surface area contributed by atoms with Gasteiger partial charge in [-0.3, -0.25) is 0 Å². The van der Waals surface area contributed by atoms with Crippen LogP contribution in [0.2, 0.25) is 0 Å².